The lowest BCUT2D eigenvalue weighted by molar-refractivity contribution is -0.131. The molecule has 1 aromatic rings. The molecule has 0 saturated heterocycles. The number of carbonyl (C=O) groups excluding carboxylic acids is 1. The van der Waals surface area contributed by atoms with Crippen LogP contribution in [0.1, 0.15) is 35.7 Å². The van der Waals surface area contributed by atoms with Gasteiger partial charge in [-0.1, -0.05) is 6.92 Å². The molecule has 0 heterocycles. The summed E-state index contributed by atoms with van der Waals surface area (Å²) in [5.74, 6) is -0.678. The Morgan fingerprint density at radius 1 is 1.43 bits per heavy atom. The van der Waals surface area contributed by atoms with Crippen molar-refractivity contribution in [1.29, 1.82) is 0 Å². The van der Waals surface area contributed by atoms with Gasteiger partial charge >= 0.3 is 5.97 Å². The first-order valence-electron chi connectivity index (χ1n) is 6.81. The van der Waals surface area contributed by atoms with Crippen LogP contribution in [0.3, 0.4) is 0 Å². The Kier molecular flexibility index (Phi) is 4.31. The van der Waals surface area contributed by atoms with Crippen LogP contribution < -0.4 is 10.1 Å². The summed E-state index contributed by atoms with van der Waals surface area (Å²) >= 11 is 0. The molecule has 2 rings (SSSR count). The van der Waals surface area contributed by atoms with Crippen LogP contribution in [0, 0.1) is 5.41 Å². The molecule has 0 atom stereocenters. The highest BCUT2D eigenvalue weighted by Crippen LogP contribution is 2.44. The van der Waals surface area contributed by atoms with Crippen LogP contribution in [0.2, 0.25) is 0 Å². The predicted molar refractivity (Wildman–Crippen MR) is 79.3 cm³/mol. The first-order chi connectivity index (χ1) is 9.93. The van der Waals surface area contributed by atoms with Gasteiger partial charge in [0, 0.05) is 23.7 Å². The summed E-state index contributed by atoms with van der Waals surface area (Å²) in [6.45, 7) is 2.81. The van der Waals surface area contributed by atoms with Gasteiger partial charge < -0.3 is 15.2 Å². The third-order valence-corrected chi connectivity index (χ3v) is 3.68. The molecule has 0 unspecified atom stereocenters. The summed E-state index contributed by atoms with van der Waals surface area (Å²) in [5, 5.41) is 11.6. The first kappa shape index (κ1) is 15.1. The van der Waals surface area contributed by atoms with E-state index in [0.29, 0.717) is 23.4 Å². The average molecular weight is 289 g/mol. The molecule has 0 aliphatic heterocycles. The van der Waals surface area contributed by atoms with E-state index in [1.165, 1.54) is 13.2 Å². The van der Waals surface area contributed by atoms with Crippen molar-refractivity contribution in [2.75, 3.05) is 13.7 Å². The minimum atomic E-state index is -1.05. The molecule has 1 aromatic carbocycles. The third-order valence-electron chi connectivity index (χ3n) is 3.68. The molecule has 1 aliphatic carbocycles. The molecule has 0 aromatic heterocycles. The van der Waals surface area contributed by atoms with Crippen molar-refractivity contribution < 1.29 is 19.4 Å². The van der Waals surface area contributed by atoms with E-state index in [-0.39, 0.29) is 11.3 Å². The zero-order valence-corrected chi connectivity index (χ0v) is 12.2. The van der Waals surface area contributed by atoms with Gasteiger partial charge in [0.2, 0.25) is 0 Å². The van der Waals surface area contributed by atoms with Crippen molar-refractivity contribution >= 4 is 18.0 Å². The predicted octanol–water partition coefficient (Wildman–Crippen LogP) is 2.32. The fourth-order valence-corrected chi connectivity index (χ4v) is 1.95. The van der Waals surface area contributed by atoms with Gasteiger partial charge in [0.15, 0.2) is 0 Å². The minimum Gasteiger partial charge on any atom is -0.496 e. The quantitative estimate of drug-likeness (QED) is 0.788. The molecular weight excluding hydrogens is 270 g/mol. The van der Waals surface area contributed by atoms with E-state index in [0.717, 1.165) is 18.9 Å². The highest BCUT2D eigenvalue weighted by molar-refractivity contribution is 5.95. The number of ether oxygens (including phenoxy) is 1. The zero-order chi connectivity index (χ0) is 15.5. The summed E-state index contributed by atoms with van der Waals surface area (Å²) in [4.78, 5) is 22.7. The Balaban J connectivity index is 2.13. The van der Waals surface area contributed by atoms with E-state index in [4.69, 9.17) is 9.84 Å². The summed E-state index contributed by atoms with van der Waals surface area (Å²) < 4.78 is 5.16. The van der Waals surface area contributed by atoms with Gasteiger partial charge in [-0.2, -0.15) is 0 Å². The summed E-state index contributed by atoms with van der Waals surface area (Å²) in [5.41, 5.74) is 1.30. The van der Waals surface area contributed by atoms with E-state index >= 15 is 0 Å². The number of nitrogens with one attached hydrogen (secondary N) is 1. The number of carbonyl (C=O) groups is 2. The number of hydrogen-bond acceptors (Lipinski definition) is 3. The van der Waals surface area contributed by atoms with Crippen LogP contribution >= 0.6 is 0 Å². The molecule has 21 heavy (non-hydrogen) atoms. The van der Waals surface area contributed by atoms with E-state index < -0.39 is 5.97 Å². The van der Waals surface area contributed by atoms with Gasteiger partial charge in [-0.25, -0.2) is 4.79 Å². The Morgan fingerprint density at radius 3 is 2.71 bits per heavy atom. The van der Waals surface area contributed by atoms with E-state index in [9.17, 15) is 9.59 Å². The van der Waals surface area contributed by atoms with Gasteiger partial charge in [0.05, 0.1) is 7.11 Å². The van der Waals surface area contributed by atoms with Gasteiger partial charge in [-0.3, -0.25) is 4.79 Å². The van der Waals surface area contributed by atoms with Crippen molar-refractivity contribution in [3.05, 3.63) is 35.4 Å². The molecule has 1 fully saturated rings. The van der Waals surface area contributed by atoms with Crippen LogP contribution in [0.5, 0.6) is 5.75 Å². The maximum atomic E-state index is 12.1. The molecular formula is C16H19NO4. The van der Waals surface area contributed by atoms with Crippen LogP contribution in [-0.4, -0.2) is 30.6 Å². The summed E-state index contributed by atoms with van der Waals surface area (Å²) in [7, 11) is 1.50. The molecule has 0 spiro atoms. The molecule has 1 amide bonds. The number of aliphatic carboxylic acids is 1. The number of benzene rings is 1. The lowest BCUT2D eigenvalue weighted by atomic mass is 10.1. The average Bonchev–Trinajstić information content (AvgIpc) is 3.20. The molecule has 5 nitrogen and oxygen atoms in total. The van der Waals surface area contributed by atoms with Gasteiger partial charge in [-0.05, 0) is 42.5 Å². The maximum absolute atomic E-state index is 12.1. The lowest BCUT2D eigenvalue weighted by Gasteiger charge is -2.11. The molecule has 0 bridgehead atoms. The number of carboxylic acids is 1. The van der Waals surface area contributed by atoms with E-state index in [1.54, 1.807) is 18.2 Å². The highest BCUT2D eigenvalue weighted by atomic mass is 16.5. The number of methoxy groups -OCH3 is 1. The van der Waals surface area contributed by atoms with Crippen LogP contribution in [0.4, 0.5) is 0 Å². The van der Waals surface area contributed by atoms with Crippen molar-refractivity contribution in [2.24, 2.45) is 5.41 Å². The van der Waals surface area contributed by atoms with Crippen LogP contribution in [0.15, 0.2) is 24.3 Å². The second kappa shape index (κ2) is 5.99. The smallest absolute Gasteiger partial charge is 0.328 e. The maximum Gasteiger partial charge on any atom is 0.328 e. The molecule has 1 aliphatic rings. The van der Waals surface area contributed by atoms with E-state index in [2.05, 4.69) is 12.2 Å². The SMILES string of the molecule is COc1ccc(C(=O)NCC2(C)CC2)cc1/C=C/C(=O)O. The second-order valence-corrected chi connectivity index (χ2v) is 5.62. The number of rotatable bonds is 6. The number of amides is 1. The Bertz CT molecular complexity index is 588. The van der Waals surface area contributed by atoms with Gasteiger partial charge in [-0.15, -0.1) is 0 Å². The van der Waals surface area contributed by atoms with Crippen molar-refractivity contribution in [3.63, 3.8) is 0 Å². The fourth-order valence-electron chi connectivity index (χ4n) is 1.95. The standard InChI is InChI=1S/C16H19NO4/c1-16(7-8-16)10-17-15(20)12-3-5-13(21-2)11(9-12)4-6-14(18)19/h3-6,9H,7-8,10H2,1-2H3,(H,17,20)(H,18,19)/b6-4+. The summed E-state index contributed by atoms with van der Waals surface area (Å²) in [6, 6.07) is 4.96. The normalized spacial score (nSPS) is 15.7. The zero-order valence-electron chi connectivity index (χ0n) is 12.2. The first-order valence-corrected chi connectivity index (χ1v) is 6.81. The van der Waals surface area contributed by atoms with Crippen molar-refractivity contribution in [2.45, 2.75) is 19.8 Å². The Morgan fingerprint density at radius 2 is 2.14 bits per heavy atom. The molecule has 112 valence electrons. The molecule has 5 heteroatoms. The Labute approximate surface area is 123 Å². The van der Waals surface area contributed by atoms with Gasteiger partial charge in [0.25, 0.3) is 5.91 Å². The number of carboxylic acid groups (broad SMARTS) is 1. The topological polar surface area (TPSA) is 75.6 Å². The molecule has 1 saturated carbocycles. The van der Waals surface area contributed by atoms with Gasteiger partial charge in [0.1, 0.15) is 5.75 Å². The number of hydrogen-bond donors (Lipinski definition) is 2. The van der Waals surface area contributed by atoms with Crippen molar-refractivity contribution in [1.82, 2.24) is 5.32 Å². The summed E-state index contributed by atoms with van der Waals surface area (Å²) in [6.07, 6.45) is 4.72. The molecule has 2 N–H and O–H groups in total. The van der Waals surface area contributed by atoms with Crippen LogP contribution in [0.25, 0.3) is 6.08 Å². The molecule has 0 radical (unpaired) electrons. The largest absolute Gasteiger partial charge is 0.496 e. The monoisotopic (exact) mass is 289 g/mol. The fraction of sp³-hybridized carbons (Fsp3) is 0.375. The highest BCUT2D eigenvalue weighted by Gasteiger charge is 2.37. The Hall–Kier alpha value is -2.30. The minimum absolute atomic E-state index is 0.157. The second-order valence-electron chi connectivity index (χ2n) is 5.62. The van der Waals surface area contributed by atoms with Crippen molar-refractivity contribution in [3.8, 4) is 5.75 Å². The third kappa shape index (κ3) is 4.08. The van der Waals surface area contributed by atoms with E-state index in [1.807, 2.05) is 0 Å². The lowest BCUT2D eigenvalue weighted by Crippen LogP contribution is -2.29. The van der Waals surface area contributed by atoms with Crippen LogP contribution in [-0.2, 0) is 4.79 Å².